The van der Waals surface area contributed by atoms with Crippen molar-refractivity contribution >= 4 is 0 Å². The maximum atomic E-state index is 9.69. The summed E-state index contributed by atoms with van der Waals surface area (Å²) in [5, 5.41) is 13.1. The van der Waals surface area contributed by atoms with E-state index in [1.165, 1.54) is 19.3 Å². The summed E-state index contributed by atoms with van der Waals surface area (Å²) in [5.74, 6) is 1.06. The minimum absolute atomic E-state index is 0.280. The highest BCUT2D eigenvalue weighted by Gasteiger charge is 2.06. The van der Waals surface area contributed by atoms with Gasteiger partial charge in [0.05, 0.1) is 5.69 Å². The summed E-state index contributed by atoms with van der Waals surface area (Å²) in [6.45, 7) is 9.28. The first-order valence-electron chi connectivity index (χ1n) is 6.88. The zero-order valence-corrected chi connectivity index (χ0v) is 12.0. The fourth-order valence-electron chi connectivity index (χ4n) is 1.94. The highest BCUT2D eigenvalue weighted by atomic mass is 16.3. The Balaban J connectivity index is 2.33. The van der Waals surface area contributed by atoms with Crippen molar-refractivity contribution in [3.8, 4) is 5.75 Å². The van der Waals surface area contributed by atoms with E-state index in [9.17, 15) is 5.11 Å². The molecule has 0 aliphatic rings. The van der Waals surface area contributed by atoms with Gasteiger partial charge in [-0.3, -0.25) is 4.98 Å². The predicted octanol–water partition coefficient (Wildman–Crippen LogP) is 3.40. The third-order valence-corrected chi connectivity index (χ3v) is 3.13. The molecule has 0 saturated heterocycles. The fourth-order valence-corrected chi connectivity index (χ4v) is 1.94. The number of rotatable bonds is 7. The molecule has 0 saturated carbocycles. The normalized spacial score (nSPS) is 12.9. The third kappa shape index (κ3) is 5.50. The summed E-state index contributed by atoms with van der Waals surface area (Å²) >= 11 is 0. The van der Waals surface area contributed by atoms with E-state index in [4.69, 9.17) is 0 Å². The summed E-state index contributed by atoms with van der Waals surface area (Å²) in [4.78, 5) is 4.34. The van der Waals surface area contributed by atoms with E-state index in [-0.39, 0.29) is 5.75 Å². The Morgan fingerprint density at radius 1 is 1.22 bits per heavy atom. The van der Waals surface area contributed by atoms with Crippen molar-refractivity contribution in [3.05, 3.63) is 23.5 Å². The number of aromatic nitrogens is 1. The second kappa shape index (κ2) is 7.37. The Labute approximate surface area is 111 Å². The summed E-state index contributed by atoms with van der Waals surface area (Å²) in [6.07, 6.45) is 3.70. The van der Waals surface area contributed by atoms with Gasteiger partial charge >= 0.3 is 0 Å². The summed E-state index contributed by atoms with van der Waals surface area (Å²) in [7, 11) is 0. The molecule has 0 bridgehead atoms. The molecule has 0 aliphatic carbocycles. The lowest BCUT2D eigenvalue weighted by Gasteiger charge is -2.14. The number of hydrogen-bond acceptors (Lipinski definition) is 3. The van der Waals surface area contributed by atoms with Crippen LogP contribution in [0.5, 0.6) is 5.75 Å². The van der Waals surface area contributed by atoms with Gasteiger partial charge in [0, 0.05) is 18.3 Å². The Morgan fingerprint density at radius 3 is 2.61 bits per heavy atom. The smallest absolute Gasteiger partial charge is 0.138 e. The van der Waals surface area contributed by atoms with Crippen LogP contribution >= 0.6 is 0 Å². The van der Waals surface area contributed by atoms with E-state index >= 15 is 0 Å². The molecular weight excluding hydrogens is 224 g/mol. The van der Waals surface area contributed by atoms with Crippen LogP contribution in [0.25, 0.3) is 0 Å². The Bertz CT molecular complexity index is 364. The highest BCUT2D eigenvalue weighted by molar-refractivity contribution is 5.27. The van der Waals surface area contributed by atoms with Crippen LogP contribution in [-0.2, 0) is 6.54 Å². The Morgan fingerprint density at radius 2 is 1.94 bits per heavy atom. The van der Waals surface area contributed by atoms with E-state index in [0.29, 0.717) is 12.6 Å². The zero-order valence-electron chi connectivity index (χ0n) is 12.0. The quantitative estimate of drug-likeness (QED) is 0.779. The second-order valence-electron chi connectivity index (χ2n) is 5.53. The molecule has 0 radical (unpaired) electrons. The Hall–Kier alpha value is -1.09. The molecule has 102 valence electrons. The van der Waals surface area contributed by atoms with Crippen LogP contribution in [0.15, 0.2) is 12.1 Å². The van der Waals surface area contributed by atoms with E-state index in [1.807, 2.05) is 13.0 Å². The first-order valence-corrected chi connectivity index (χ1v) is 6.88. The van der Waals surface area contributed by atoms with E-state index in [1.54, 1.807) is 6.07 Å². The first kappa shape index (κ1) is 15.0. The number of pyridine rings is 1. The predicted molar refractivity (Wildman–Crippen MR) is 75.6 cm³/mol. The van der Waals surface area contributed by atoms with Gasteiger partial charge in [0.1, 0.15) is 5.75 Å². The summed E-state index contributed by atoms with van der Waals surface area (Å²) < 4.78 is 0. The average Bonchev–Trinajstić information content (AvgIpc) is 2.30. The van der Waals surface area contributed by atoms with Crippen molar-refractivity contribution < 1.29 is 5.11 Å². The van der Waals surface area contributed by atoms with Gasteiger partial charge in [-0.1, -0.05) is 26.7 Å². The third-order valence-electron chi connectivity index (χ3n) is 3.13. The fraction of sp³-hybridized carbons (Fsp3) is 0.667. The summed E-state index contributed by atoms with van der Waals surface area (Å²) in [5.41, 5.74) is 1.68. The first-order chi connectivity index (χ1) is 8.49. The maximum Gasteiger partial charge on any atom is 0.138 e. The topological polar surface area (TPSA) is 45.1 Å². The molecule has 3 nitrogen and oxygen atoms in total. The molecule has 0 spiro atoms. The summed E-state index contributed by atoms with van der Waals surface area (Å²) in [6, 6.07) is 4.00. The molecule has 2 N–H and O–H groups in total. The second-order valence-corrected chi connectivity index (χ2v) is 5.53. The minimum atomic E-state index is 0.280. The molecule has 18 heavy (non-hydrogen) atoms. The van der Waals surface area contributed by atoms with Crippen LogP contribution in [0, 0.1) is 12.8 Å². The van der Waals surface area contributed by atoms with Crippen molar-refractivity contribution in [3.63, 3.8) is 0 Å². The highest BCUT2D eigenvalue weighted by Crippen LogP contribution is 2.15. The van der Waals surface area contributed by atoms with E-state index in [2.05, 4.69) is 31.1 Å². The van der Waals surface area contributed by atoms with Gasteiger partial charge in [-0.2, -0.15) is 0 Å². The van der Waals surface area contributed by atoms with Crippen molar-refractivity contribution in [2.75, 3.05) is 0 Å². The molecular formula is C15H26N2O. The lowest BCUT2D eigenvalue weighted by molar-refractivity contribution is 0.435. The van der Waals surface area contributed by atoms with Gasteiger partial charge in [0.2, 0.25) is 0 Å². The molecule has 1 rings (SSSR count). The number of aryl methyl sites for hydroxylation is 1. The van der Waals surface area contributed by atoms with Crippen molar-refractivity contribution in [1.82, 2.24) is 10.3 Å². The maximum absolute atomic E-state index is 9.69. The molecule has 3 heteroatoms. The van der Waals surface area contributed by atoms with Crippen molar-refractivity contribution in [2.45, 2.75) is 59.5 Å². The molecule has 0 aliphatic heterocycles. The largest absolute Gasteiger partial charge is 0.506 e. The molecule has 1 atom stereocenters. The molecule has 0 amide bonds. The van der Waals surface area contributed by atoms with Crippen LogP contribution in [-0.4, -0.2) is 16.1 Å². The Kier molecular flexibility index (Phi) is 6.13. The number of nitrogens with one attached hydrogen (secondary N) is 1. The van der Waals surface area contributed by atoms with Gasteiger partial charge in [-0.05, 0) is 38.3 Å². The number of hydrogen-bond donors (Lipinski definition) is 2. The van der Waals surface area contributed by atoms with Gasteiger partial charge in [0.15, 0.2) is 0 Å². The van der Waals surface area contributed by atoms with Crippen LogP contribution in [0.4, 0.5) is 0 Å². The van der Waals surface area contributed by atoms with Crippen molar-refractivity contribution in [1.29, 1.82) is 0 Å². The average molecular weight is 250 g/mol. The zero-order chi connectivity index (χ0) is 13.5. The molecule has 0 fully saturated rings. The monoisotopic (exact) mass is 250 g/mol. The lowest BCUT2D eigenvalue weighted by atomic mass is 10.0. The van der Waals surface area contributed by atoms with Crippen LogP contribution in [0.3, 0.4) is 0 Å². The molecule has 1 unspecified atom stereocenters. The molecule has 1 aromatic heterocycles. The number of aromatic hydroxyl groups is 1. The van der Waals surface area contributed by atoms with Gasteiger partial charge in [-0.25, -0.2) is 0 Å². The van der Waals surface area contributed by atoms with Gasteiger partial charge < -0.3 is 10.4 Å². The SMILES string of the molecule is Cc1ccc(O)c(CNC(C)CCCC(C)C)n1. The van der Waals surface area contributed by atoms with Crippen LogP contribution in [0.1, 0.15) is 51.4 Å². The lowest BCUT2D eigenvalue weighted by Crippen LogP contribution is -2.26. The molecule has 0 aromatic carbocycles. The standard InChI is InChI=1S/C15H26N2O/c1-11(2)6-5-7-12(3)16-10-14-15(18)9-8-13(4)17-14/h8-9,11-12,16,18H,5-7,10H2,1-4H3. The van der Waals surface area contributed by atoms with Crippen LogP contribution < -0.4 is 5.32 Å². The van der Waals surface area contributed by atoms with Gasteiger partial charge in [0.25, 0.3) is 0 Å². The minimum Gasteiger partial charge on any atom is -0.506 e. The van der Waals surface area contributed by atoms with Crippen LogP contribution in [0.2, 0.25) is 0 Å². The van der Waals surface area contributed by atoms with E-state index in [0.717, 1.165) is 17.3 Å². The molecule has 1 heterocycles. The van der Waals surface area contributed by atoms with Crippen molar-refractivity contribution in [2.24, 2.45) is 5.92 Å². The van der Waals surface area contributed by atoms with Gasteiger partial charge in [-0.15, -0.1) is 0 Å². The molecule has 1 aromatic rings. The van der Waals surface area contributed by atoms with E-state index < -0.39 is 0 Å². The number of nitrogens with zero attached hydrogens (tertiary/aromatic N) is 1.